The fourth-order valence-electron chi connectivity index (χ4n) is 9.69. The molecule has 1 amide bonds. The van der Waals surface area contributed by atoms with Gasteiger partial charge in [0, 0.05) is 6.42 Å². The maximum Gasteiger partial charge on any atom is 0.326 e. The molecule has 0 radical (unpaired) electrons. The summed E-state index contributed by atoms with van der Waals surface area (Å²) in [5.74, 6) is 1.89. The van der Waals surface area contributed by atoms with Gasteiger partial charge in [0.2, 0.25) is 5.91 Å². The quantitative estimate of drug-likeness (QED) is 0.371. The van der Waals surface area contributed by atoms with Gasteiger partial charge in [0.25, 0.3) is 0 Å². The highest BCUT2D eigenvalue weighted by atomic mass is 16.4. The zero-order valence-electron chi connectivity index (χ0n) is 23.2. The lowest BCUT2D eigenvalue weighted by atomic mass is 9.43. The van der Waals surface area contributed by atoms with E-state index in [4.69, 9.17) is 0 Å². The van der Waals surface area contributed by atoms with Crippen LogP contribution in [0.4, 0.5) is 0 Å². The van der Waals surface area contributed by atoms with Gasteiger partial charge in [0.15, 0.2) is 0 Å². The van der Waals surface area contributed by atoms with Crippen molar-refractivity contribution in [1.29, 1.82) is 0 Å². The van der Waals surface area contributed by atoms with Gasteiger partial charge in [0.05, 0.1) is 12.2 Å². The van der Waals surface area contributed by atoms with Gasteiger partial charge in [0.1, 0.15) is 6.04 Å². The highest BCUT2D eigenvalue weighted by Crippen LogP contribution is 2.68. The van der Waals surface area contributed by atoms with Crippen LogP contribution in [0.1, 0.15) is 105 Å². The minimum atomic E-state index is -0.956. The number of carboxylic acids is 1. The van der Waals surface area contributed by atoms with Crippen molar-refractivity contribution in [1.82, 2.24) is 5.32 Å². The van der Waals surface area contributed by atoms with Crippen LogP contribution in [0, 0.1) is 52.3 Å². The van der Waals surface area contributed by atoms with Crippen LogP contribution in [-0.4, -0.2) is 45.4 Å². The number of amides is 1. The van der Waals surface area contributed by atoms with Crippen molar-refractivity contribution in [2.24, 2.45) is 52.3 Å². The van der Waals surface area contributed by atoms with Gasteiger partial charge in [-0.3, -0.25) is 4.79 Å². The maximum atomic E-state index is 12.6. The summed E-state index contributed by atoms with van der Waals surface area (Å²) in [4.78, 5) is 24.2. The second-order valence-corrected chi connectivity index (χ2v) is 14.1. The van der Waals surface area contributed by atoms with Crippen LogP contribution in [0.5, 0.6) is 0 Å². The molecule has 0 heterocycles. The lowest BCUT2D eigenvalue weighted by Gasteiger charge is -2.62. The maximum absolute atomic E-state index is 12.6. The first kappa shape index (κ1) is 27.9. The van der Waals surface area contributed by atoms with E-state index in [0.717, 1.165) is 51.4 Å². The Balaban J connectivity index is 1.39. The first-order valence-corrected chi connectivity index (χ1v) is 14.7. The average molecular weight is 506 g/mol. The van der Waals surface area contributed by atoms with Gasteiger partial charge in [-0.05, 0) is 116 Å². The Morgan fingerprint density at radius 2 is 1.61 bits per heavy atom. The van der Waals surface area contributed by atoms with Crippen LogP contribution in [0.2, 0.25) is 0 Å². The summed E-state index contributed by atoms with van der Waals surface area (Å²) in [7, 11) is 0. The molecular formula is C30H51NO5. The van der Waals surface area contributed by atoms with Gasteiger partial charge in [-0.15, -0.1) is 0 Å². The van der Waals surface area contributed by atoms with E-state index in [1.807, 2.05) is 13.8 Å². The molecule has 0 aromatic carbocycles. The summed E-state index contributed by atoms with van der Waals surface area (Å²) in [5, 5.41) is 33.9. The Labute approximate surface area is 218 Å². The summed E-state index contributed by atoms with van der Waals surface area (Å²) >= 11 is 0. The van der Waals surface area contributed by atoms with E-state index in [-0.39, 0.29) is 34.9 Å². The molecule has 4 aliphatic carbocycles. The number of hydrogen-bond acceptors (Lipinski definition) is 4. The Kier molecular flexibility index (Phi) is 8.17. The third-order valence-corrected chi connectivity index (χ3v) is 11.6. The molecule has 11 atom stereocenters. The summed E-state index contributed by atoms with van der Waals surface area (Å²) in [5.41, 5.74) is 0.430. The van der Waals surface area contributed by atoms with Gasteiger partial charge >= 0.3 is 5.97 Å². The Hall–Kier alpha value is -1.14. The number of aliphatic hydroxyl groups is 2. The molecule has 0 spiro atoms. The molecule has 0 aromatic heterocycles. The van der Waals surface area contributed by atoms with Crippen LogP contribution >= 0.6 is 0 Å². The zero-order chi connectivity index (χ0) is 26.4. The van der Waals surface area contributed by atoms with E-state index in [1.54, 1.807) is 0 Å². The number of aliphatic carboxylic acids is 1. The first-order valence-electron chi connectivity index (χ1n) is 14.7. The third kappa shape index (κ3) is 5.10. The zero-order valence-corrected chi connectivity index (χ0v) is 23.2. The van der Waals surface area contributed by atoms with Gasteiger partial charge in [-0.25, -0.2) is 4.79 Å². The summed E-state index contributed by atoms with van der Waals surface area (Å²) in [6.45, 7) is 11.1. The third-order valence-electron chi connectivity index (χ3n) is 11.6. The second kappa shape index (κ2) is 10.6. The Morgan fingerprint density at radius 1 is 0.944 bits per heavy atom. The van der Waals surface area contributed by atoms with E-state index < -0.39 is 12.0 Å². The molecule has 4 N–H and O–H groups in total. The van der Waals surface area contributed by atoms with Crippen molar-refractivity contribution in [3.63, 3.8) is 0 Å². The van der Waals surface area contributed by atoms with Gasteiger partial charge < -0.3 is 20.6 Å². The largest absolute Gasteiger partial charge is 0.480 e. The summed E-state index contributed by atoms with van der Waals surface area (Å²) in [6.07, 6.45) is 9.46. The topological polar surface area (TPSA) is 107 Å². The molecule has 36 heavy (non-hydrogen) atoms. The van der Waals surface area contributed by atoms with Gasteiger partial charge in [-0.1, -0.05) is 34.6 Å². The monoisotopic (exact) mass is 505 g/mol. The van der Waals surface area contributed by atoms with Crippen molar-refractivity contribution in [3.8, 4) is 0 Å². The number of carbonyl (C=O) groups excluding carboxylic acids is 1. The highest BCUT2D eigenvalue weighted by Gasteiger charge is 2.62. The molecule has 6 heteroatoms. The van der Waals surface area contributed by atoms with Crippen molar-refractivity contribution in [2.75, 3.05) is 0 Å². The molecule has 4 fully saturated rings. The minimum absolute atomic E-state index is 0.153. The van der Waals surface area contributed by atoms with Crippen molar-refractivity contribution >= 4 is 11.9 Å². The van der Waals surface area contributed by atoms with Crippen LogP contribution in [0.3, 0.4) is 0 Å². The van der Waals surface area contributed by atoms with Crippen molar-refractivity contribution in [2.45, 2.75) is 123 Å². The SMILES string of the molecule is CC(C)C[C@H](NC(=O)CC[C@@H](C)[C@H]1CC[C@H]2[C@@H]3[C@@H](O)C[C@@H]4C[C@H](O)CC[C@]4(C)[C@H]3CC[C@]12C)C(=O)O. The lowest BCUT2D eigenvalue weighted by Crippen LogP contribution is -2.58. The summed E-state index contributed by atoms with van der Waals surface area (Å²) in [6, 6.07) is -0.810. The van der Waals surface area contributed by atoms with E-state index in [0.29, 0.717) is 48.3 Å². The van der Waals surface area contributed by atoms with Crippen LogP contribution < -0.4 is 5.32 Å². The number of rotatable bonds is 8. The van der Waals surface area contributed by atoms with E-state index in [1.165, 1.54) is 6.42 Å². The fraction of sp³-hybridized carbons (Fsp3) is 0.933. The molecular weight excluding hydrogens is 454 g/mol. The average Bonchev–Trinajstić information content (AvgIpc) is 3.15. The fourth-order valence-corrected chi connectivity index (χ4v) is 9.69. The number of carboxylic acid groups (broad SMARTS) is 1. The molecule has 0 aromatic rings. The number of hydrogen-bond donors (Lipinski definition) is 4. The van der Waals surface area contributed by atoms with Crippen LogP contribution in [0.25, 0.3) is 0 Å². The van der Waals surface area contributed by atoms with Crippen molar-refractivity contribution < 1.29 is 24.9 Å². The molecule has 4 rings (SSSR count). The van der Waals surface area contributed by atoms with E-state index >= 15 is 0 Å². The van der Waals surface area contributed by atoms with Crippen LogP contribution in [-0.2, 0) is 9.59 Å². The Morgan fingerprint density at radius 3 is 2.28 bits per heavy atom. The minimum Gasteiger partial charge on any atom is -0.480 e. The number of carbonyl (C=O) groups is 2. The lowest BCUT2D eigenvalue weighted by molar-refractivity contribution is -0.174. The van der Waals surface area contributed by atoms with Crippen molar-refractivity contribution in [3.05, 3.63) is 0 Å². The summed E-state index contributed by atoms with van der Waals surface area (Å²) < 4.78 is 0. The van der Waals surface area contributed by atoms with Gasteiger partial charge in [-0.2, -0.15) is 0 Å². The number of aliphatic hydroxyl groups excluding tert-OH is 2. The number of fused-ring (bicyclic) bond motifs is 5. The molecule has 4 aliphatic rings. The second-order valence-electron chi connectivity index (χ2n) is 14.1. The predicted octanol–water partition coefficient (Wildman–Crippen LogP) is 5.01. The Bertz CT molecular complexity index is 815. The predicted molar refractivity (Wildman–Crippen MR) is 140 cm³/mol. The molecule has 4 saturated carbocycles. The molecule has 0 saturated heterocycles. The molecule has 0 bridgehead atoms. The highest BCUT2D eigenvalue weighted by molar-refractivity contribution is 5.83. The molecule has 0 aliphatic heterocycles. The van der Waals surface area contributed by atoms with E-state index in [9.17, 15) is 24.9 Å². The smallest absolute Gasteiger partial charge is 0.326 e. The normalized spacial score (nSPS) is 43.7. The molecule has 206 valence electrons. The molecule has 0 unspecified atom stereocenters. The van der Waals surface area contributed by atoms with Crippen LogP contribution in [0.15, 0.2) is 0 Å². The first-order chi connectivity index (χ1) is 16.9. The number of nitrogens with one attached hydrogen (secondary N) is 1. The van der Waals surface area contributed by atoms with E-state index in [2.05, 4.69) is 26.1 Å². The standard InChI is InChI=1S/C30H51NO5/c1-17(2)14-24(28(35)36)31-26(34)9-6-18(3)21-7-8-22-27-23(11-13-30(21,22)5)29(4)12-10-20(32)15-19(29)16-25(27)33/h17-25,27,32-33H,6-16H2,1-5H3,(H,31,34)(H,35,36)/t18-,19+,20-,21-,22+,23+,24+,25+,27+,29+,30-/m1/s1. The molecule has 6 nitrogen and oxygen atoms in total.